The molecule has 0 aliphatic carbocycles. The van der Waals surface area contributed by atoms with E-state index in [0.717, 1.165) is 11.3 Å². The van der Waals surface area contributed by atoms with E-state index in [2.05, 4.69) is 15.8 Å². The van der Waals surface area contributed by atoms with Crippen LogP contribution in [0.5, 0.6) is 0 Å². The maximum absolute atomic E-state index is 5.13. The van der Waals surface area contributed by atoms with Gasteiger partial charge >= 0.3 is 0 Å². The van der Waals surface area contributed by atoms with Crippen molar-refractivity contribution in [1.29, 1.82) is 0 Å². The summed E-state index contributed by atoms with van der Waals surface area (Å²) in [5.74, 6) is 0. The number of benzene rings is 1. The predicted molar refractivity (Wildman–Crippen MR) is 82.4 cm³/mol. The van der Waals surface area contributed by atoms with E-state index in [1.54, 1.807) is 17.6 Å². The van der Waals surface area contributed by atoms with E-state index in [1.165, 1.54) is 5.56 Å². The third kappa shape index (κ3) is 3.94. The molecule has 0 amide bonds. The Bertz CT molecular complexity index is 530. The second-order valence-electron chi connectivity index (χ2n) is 3.75. The van der Waals surface area contributed by atoms with Crippen LogP contribution in [0.2, 0.25) is 0 Å². The summed E-state index contributed by atoms with van der Waals surface area (Å²) in [4.78, 5) is 0. The van der Waals surface area contributed by atoms with Crippen LogP contribution in [-0.4, -0.2) is 11.3 Å². The minimum atomic E-state index is 0.477. The van der Waals surface area contributed by atoms with Gasteiger partial charge in [-0.25, -0.2) is 0 Å². The van der Waals surface area contributed by atoms with E-state index in [9.17, 15) is 0 Å². The van der Waals surface area contributed by atoms with Crippen LogP contribution >= 0.6 is 23.6 Å². The highest BCUT2D eigenvalue weighted by atomic mass is 32.1. The van der Waals surface area contributed by atoms with Gasteiger partial charge in [0.15, 0.2) is 5.11 Å². The minimum absolute atomic E-state index is 0.477. The highest BCUT2D eigenvalue weighted by Gasteiger charge is 1.95. The van der Waals surface area contributed by atoms with Crippen LogP contribution in [0.15, 0.2) is 46.2 Å². The van der Waals surface area contributed by atoms with Gasteiger partial charge in [-0.15, -0.1) is 0 Å². The monoisotopic (exact) mass is 275 g/mol. The van der Waals surface area contributed by atoms with Crippen molar-refractivity contribution in [1.82, 2.24) is 5.43 Å². The van der Waals surface area contributed by atoms with Crippen LogP contribution in [0.3, 0.4) is 0 Å². The van der Waals surface area contributed by atoms with E-state index in [0.29, 0.717) is 5.11 Å². The van der Waals surface area contributed by atoms with E-state index in [4.69, 9.17) is 12.2 Å². The number of thiophene rings is 1. The molecule has 0 aliphatic heterocycles. The number of rotatable bonds is 3. The number of hydrazone groups is 1. The Kier molecular flexibility index (Phi) is 4.44. The number of hydrogen-bond donors (Lipinski definition) is 2. The van der Waals surface area contributed by atoms with Crippen LogP contribution in [0.1, 0.15) is 11.1 Å². The van der Waals surface area contributed by atoms with Crippen molar-refractivity contribution >= 4 is 40.6 Å². The van der Waals surface area contributed by atoms with Crippen molar-refractivity contribution in [3.05, 3.63) is 52.2 Å². The van der Waals surface area contributed by atoms with Gasteiger partial charge in [0.05, 0.1) is 6.21 Å². The molecule has 0 unspecified atom stereocenters. The molecule has 0 spiro atoms. The summed E-state index contributed by atoms with van der Waals surface area (Å²) < 4.78 is 0. The summed E-state index contributed by atoms with van der Waals surface area (Å²) >= 11 is 6.77. The lowest BCUT2D eigenvalue weighted by Crippen LogP contribution is -2.23. The number of hydrogen-bond acceptors (Lipinski definition) is 3. The summed E-state index contributed by atoms with van der Waals surface area (Å²) in [5, 5.41) is 11.6. The molecule has 0 fully saturated rings. The molecule has 1 aromatic heterocycles. The van der Waals surface area contributed by atoms with Crippen molar-refractivity contribution < 1.29 is 0 Å². The molecular formula is C13H13N3S2. The number of nitrogens with zero attached hydrogens (tertiary/aromatic N) is 1. The van der Waals surface area contributed by atoms with Gasteiger partial charge in [-0.3, -0.25) is 5.43 Å². The van der Waals surface area contributed by atoms with Gasteiger partial charge in [0, 0.05) is 11.3 Å². The maximum atomic E-state index is 5.13. The van der Waals surface area contributed by atoms with Crippen molar-refractivity contribution in [3.8, 4) is 0 Å². The summed E-state index contributed by atoms with van der Waals surface area (Å²) in [7, 11) is 0. The van der Waals surface area contributed by atoms with Crippen LogP contribution in [0.25, 0.3) is 0 Å². The topological polar surface area (TPSA) is 36.4 Å². The van der Waals surface area contributed by atoms with Crippen molar-refractivity contribution in [2.24, 2.45) is 5.10 Å². The molecule has 0 aliphatic rings. The summed E-state index contributed by atoms with van der Waals surface area (Å²) in [5.41, 5.74) is 6.00. The van der Waals surface area contributed by atoms with Gasteiger partial charge in [-0.2, -0.15) is 16.4 Å². The zero-order valence-electron chi connectivity index (χ0n) is 9.88. The average Bonchev–Trinajstić information content (AvgIpc) is 2.85. The third-order valence-electron chi connectivity index (χ3n) is 2.23. The van der Waals surface area contributed by atoms with E-state index < -0.39 is 0 Å². The molecule has 92 valence electrons. The fourth-order valence-corrected chi connectivity index (χ4v) is 2.09. The summed E-state index contributed by atoms with van der Waals surface area (Å²) in [6.45, 7) is 2.05. The summed E-state index contributed by atoms with van der Waals surface area (Å²) in [6.07, 6.45) is 1.74. The standard InChI is InChI=1S/C13H13N3S2/c1-10-2-4-12(5-3-10)15-13(17)16-14-8-11-6-7-18-9-11/h2-9H,1H3,(H2,15,16,17)/b14-8+. The smallest absolute Gasteiger partial charge is 0.191 e. The van der Waals surface area contributed by atoms with Crippen LogP contribution in [0, 0.1) is 6.92 Å². The molecular weight excluding hydrogens is 262 g/mol. The van der Waals surface area contributed by atoms with Gasteiger partial charge in [0.25, 0.3) is 0 Å². The SMILES string of the molecule is Cc1ccc(NC(=S)N/N=C/c2ccsc2)cc1. The summed E-state index contributed by atoms with van der Waals surface area (Å²) in [6, 6.07) is 10.0. The molecule has 0 saturated carbocycles. The fraction of sp³-hybridized carbons (Fsp3) is 0.0769. The number of thiocarbonyl (C=S) groups is 1. The third-order valence-corrected chi connectivity index (χ3v) is 3.13. The zero-order chi connectivity index (χ0) is 12.8. The first-order valence-electron chi connectivity index (χ1n) is 5.43. The van der Waals surface area contributed by atoms with Gasteiger partial charge < -0.3 is 5.32 Å². The van der Waals surface area contributed by atoms with Crippen molar-refractivity contribution in [2.45, 2.75) is 6.92 Å². The Labute approximate surface area is 116 Å². The number of aryl methyl sites for hydroxylation is 1. The maximum Gasteiger partial charge on any atom is 0.191 e. The van der Waals surface area contributed by atoms with Gasteiger partial charge in [0.2, 0.25) is 0 Å². The molecule has 5 heteroatoms. The average molecular weight is 275 g/mol. The van der Waals surface area contributed by atoms with Crippen molar-refractivity contribution in [3.63, 3.8) is 0 Å². The Morgan fingerprint density at radius 3 is 2.72 bits per heavy atom. The second-order valence-corrected chi connectivity index (χ2v) is 4.94. The lowest BCUT2D eigenvalue weighted by molar-refractivity contribution is 1.05. The van der Waals surface area contributed by atoms with Gasteiger partial charge in [0.1, 0.15) is 0 Å². The molecule has 2 aromatic rings. The first kappa shape index (κ1) is 12.7. The minimum Gasteiger partial charge on any atom is -0.331 e. The zero-order valence-corrected chi connectivity index (χ0v) is 11.5. The Morgan fingerprint density at radius 1 is 1.28 bits per heavy atom. The van der Waals surface area contributed by atoms with Gasteiger partial charge in [-0.1, -0.05) is 17.7 Å². The number of anilines is 1. The molecule has 2 rings (SSSR count). The molecule has 2 N–H and O–H groups in total. The Morgan fingerprint density at radius 2 is 2.06 bits per heavy atom. The van der Waals surface area contributed by atoms with Crippen LogP contribution < -0.4 is 10.7 Å². The lowest BCUT2D eigenvalue weighted by atomic mass is 10.2. The lowest BCUT2D eigenvalue weighted by Gasteiger charge is -2.06. The molecule has 0 atom stereocenters. The second kappa shape index (κ2) is 6.28. The first-order valence-corrected chi connectivity index (χ1v) is 6.78. The molecule has 3 nitrogen and oxygen atoms in total. The molecule has 18 heavy (non-hydrogen) atoms. The van der Waals surface area contributed by atoms with Gasteiger partial charge in [-0.05, 0) is 48.1 Å². The molecule has 0 saturated heterocycles. The first-order chi connectivity index (χ1) is 8.74. The van der Waals surface area contributed by atoms with E-state index >= 15 is 0 Å². The molecule has 1 aromatic carbocycles. The highest BCUT2D eigenvalue weighted by Crippen LogP contribution is 2.08. The largest absolute Gasteiger partial charge is 0.331 e. The van der Waals surface area contributed by atoms with Crippen molar-refractivity contribution in [2.75, 3.05) is 5.32 Å². The van der Waals surface area contributed by atoms with E-state index in [1.807, 2.05) is 48.0 Å². The fourth-order valence-electron chi connectivity index (χ4n) is 1.31. The van der Waals surface area contributed by atoms with E-state index in [-0.39, 0.29) is 0 Å². The Hall–Kier alpha value is -1.72. The highest BCUT2D eigenvalue weighted by molar-refractivity contribution is 7.80. The number of nitrogens with one attached hydrogen (secondary N) is 2. The molecule has 0 bridgehead atoms. The van der Waals surface area contributed by atoms with Crippen LogP contribution in [-0.2, 0) is 0 Å². The molecule has 1 heterocycles. The quantitative estimate of drug-likeness (QED) is 0.512. The predicted octanol–water partition coefficient (Wildman–Crippen LogP) is 3.38. The normalized spacial score (nSPS) is 10.5. The van der Waals surface area contributed by atoms with Crippen LogP contribution in [0.4, 0.5) is 5.69 Å². The molecule has 0 radical (unpaired) electrons. The Balaban J connectivity index is 1.84.